The van der Waals surface area contributed by atoms with Crippen molar-refractivity contribution >= 4 is 7.32 Å². The van der Waals surface area contributed by atoms with Gasteiger partial charge in [0.1, 0.15) is 11.5 Å². The number of benzene rings is 1. The van der Waals surface area contributed by atoms with Gasteiger partial charge >= 0.3 is 7.32 Å². The van der Waals surface area contributed by atoms with E-state index in [1.807, 2.05) is 0 Å². The van der Waals surface area contributed by atoms with Gasteiger partial charge in [0.2, 0.25) is 0 Å². The van der Waals surface area contributed by atoms with E-state index in [0.717, 1.165) is 12.8 Å². The Labute approximate surface area is 145 Å². The van der Waals surface area contributed by atoms with E-state index in [1.54, 1.807) is 6.07 Å². The van der Waals surface area contributed by atoms with E-state index >= 15 is 0 Å². The zero-order valence-electron chi connectivity index (χ0n) is 14.7. The Morgan fingerprint density at radius 2 is 1.50 bits per heavy atom. The molecule has 1 aromatic rings. The number of ether oxygens (including phenoxy) is 1. The highest BCUT2D eigenvalue weighted by atomic mass is 19.1. The van der Waals surface area contributed by atoms with Crippen LogP contribution in [0, 0.1) is 5.82 Å². The van der Waals surface area contributed by atoms with Gasteiger partial charge in [-0.05, 0) is 18.6 Å². The van der Waals surface area contributed by atoms with Crippen LogP contribution in [0.5, 0.6) is 11.5 Å². The second kappa shape index (κ2) is 13.1. The topological polar surface area (TPSA) is 58.9 Å². The minimum atomic E-state index is -2.03. The molecule has 24 heavy (non-hydrogen) atoms. The van der Waals surface area contributed by atoms with Crippen LogP contribution in [0.2, 0.25) is 0 Å². The maximum Gasteiger partial charge on any atom is 0.707 e. The van der Waals surface area contributed by atoms with Gasteiger partial charge in [-0.2, -0.15) is 0 Å². The van der Waals surface area contributed by atoms with Crippen LogP contribution in [0.1, 0.15) is 71.1 Å². The van der Waals surface area contributed by atoms with Crippen molar-refractivity contribution in [2.75, 3.05) is 6.61 Å². The van der Waals surface area contributed by atoms with E-state index < -0.39 is 13.1 Å². The molecule has 0 unspecified atom stereocenters. The molecule has 0 saturated heterocycles. The van der Waals surface area contributed by atoms with Gasteiger partial charge in [0.25, 0.3) is 0 Å². The molecule has 0 aromatic heterocycles. The minimum Gasteiger partial charge on any atom is -0.510 e. The van der Waals surface area contributed by atoms with Gasteiger partial charge in [0.15, 0.2) is 5.82 Å². The molecule has 4 nitrogen and oxygen atoms in total. The van der Waals surface area contributed by atoms with Gasteiger partial charge in [0, 0.05) is 6.07 Å². The zero-order valence-corrected chi connectivity index (χ0v) is 14.7. The molecule has 0 heterocycles. The van der Waals surface area contributed by atoms with Crippen LogP contribution >= 0.6 is 0 Å². The third-order valence-corrected chi connectivity index (χ3v) is 3.90. The maximum atomic E-state index is 13.6. The molecule has 2 N–H and O–H groups in total. The Hall–Kier alpha value is -1.27. The smallest absolute Gasteiger partial charge is 0.510 e. The van der Waals surface area contributed by atoms with E-state index in [2.05, 4.69) is 11.6 Å². The van der Waals surface area contributed by atoms with Gasteiger partial charge in [-0.3, -0.25) is 0 Å². The summed E-state index contributed by atoms with van der Waals surface area (Å²) in [6, 6.07) is 4.06. The van der Waals surface area contributed by atoms with Crippen LogP contribution in [0.3, 0.4) is 0 Å². The highest BCUT2D eigenvalue weighted by molar-refractivity contribution is 6.33. The standard InChI is InChI=1S/C18H30BFO4/c1-2-3-4-5-6-7-8-9-10-11-14-23-16-12-13-18(17(20)15-16)24-19(21)22/h12-13,15,21-22H,2-11,14H2,1H3. The van der Waals surface area contributed by atoms with Crippen molar-refractivity contribution < 1.29 is 23.8 Å². The summed E-state index contributed by atoms with van der Waals surface area (Å²) in [5, 5.41) is 17.3. The number of unbranched alkanes of at least 4 members (excludes halogenated alkanes) is 9. The Morgan fingerprint density at radius 1 is 0.917 bits per heavy atom. The van der Waals surface area contributed by atoms with Crippen molar-refractivity contribution in [3.63, 3.8) is 0 Å². The second-order valence-corrected chi connectivity index (χ2v) is 6.07. The van der Waals surface area contributed by atoms with Crippen LogP contribution in [-0.2, 0) is 0 Å². The molecule has 136 valence electrons. The van der Waals surface area contributed by atoms with Crippen molar-refractivity contribution in [2.24, 2.45) is 0 Å². The molecule has 0 fully saturated rings. The van der Waals surface area contributed by atoms with Gasteiger partial charge in [-0.15, -0.1) is 0 Å². The van der Waals surface area contributed by atoms with Crippen molar-refractivity contribution in [1.82, 2.24) is 0 Å². The van der Waals surface area contributed by atoms with Gasteiger partial charge in [-0.1, -0.05) is 64.7 Å². The number of hydrogen-bond donors (Lipinski definition) is 2. The average Bonchev–Trinajstić information content (AvgIpc) is 2.54. The van der Waals surface area contributed by atoms with Crippen molar-refractivity contribution in [3.8, 4) is 11.5 Å². The lowest BCUT2D eigenvalue weighted by Crippen LogP contribution is -2.21. The first-order valence-corrected chi connectivity index (χ1v) is 9.08. The molecular weight excluding hydrogens is 310 g/mol. The molecule has 6 heteroatoms. The fraction of sp³-hybridized carbons (Fsp3) is 0.667. The van der Waals surface area contributed by atoms with Gasteiger partial charge < -0.3 is 19.4 Å². The predicted molar refractivity (Wildman–Crippen MR) is 94.6 cm³/mol. The van der Waals surface area contributed by atoms with Crippen molar-refractivity contribution in [1.29, 1.82) is 0 Å². The fourth-order valence-electron chi connectivity index (χ4n) is 2.56. The van der Waals surface area contributed by atoms with Crippen LogP contribution < -0.4 is 9.39 Å². The number of hydrogen-bond acceptors (Lipinski definition) is 4. The molecule has 0 saturated carbocycles. The molecule has 1 rings (SSSR count). The van der Waals surface area contributed by atoms with Gasteiger partial charge in [0.05, 0.1) is 6.61 Å². The normalized spacial score (nSPS) is 10.7. The first-order chi connectivity index (χ1) is 11.6. The minimum absolute atomic E-state index is 0.212. The second-order valence-electron chi connectivity index (χ2n) is 6.07. The Morgan fingerprint density at radius 3 is 2.04 bits per heavy atom. The largest absolute Gasteiger partial charge is 0.707 e. The molecule has 0 atom stereocenters. The molecular formula is C18H30BFO4. The first-order valence-electron chi connectivity index (χ1n) is 9.08. The summed E-state index contributed by atoms with van der Waals surface area (Å²) in [7, 11) is -2.03. The average molecular weight is 340 g/mol. The molecule has 0 aliphatic heterocycles. The summed E-state index contributed by atoms with van der Waals surface area (Å²) in [4.78, 5) is 0. The predicted octanol–water partition coefficient (Wildman–Crippen LogP) is 4.47. The SMILES string of the molecule is CCCCCCCCCCCCOc1ccc(OB(O)O)c(F)c1. The summed E-state index contributed by atoms with van der Waals surface area (Å²) in [6.07, 6.45) is 12.6. The van der Waals surface area contributed by atoms with E-state index in [0.29, 0.717) is 12.4 Å². The summed E-state index contributed by atoms with van der Waals surface area (Å²) in [5.41, 5.74) is 0. The Balaban J connectivity index is 2.04. The van der Waals surface area contributed by atoms with Crippen LogP contribution in [0.4, 0.5) is 4.39 Å². The summed E-state index contributed by atoms with van der Waals surface area (Å²) in [6.45, 7) is 2.79. The Bertz CT molecular complexity index is 443. The quantitative estimate of drug-likeness (QED) is 0.387. The molecule has 0 aliphatic carbocycles. The third kappa shape index (κ3) is 9.78. The van der Waals surface area contributed by atoms with Gasteiger partial charge in [-0.25, -0.2) is 4.39 Å². The van der Waals surface area contributed by atoms with Crippen LogP contribution in [0.15, 0.2) is 18.2 Å². The maximum absolute atomic E-state index is 13.6. The Kier molecular flexibility index (Phi) is 11.3. The first kappa shape index (κ1) is 20.8. The zero-order chi connectivity index (χ0) is 17.6. The lowest BCUT2D eigenvalue weighted by molar-refractivity contribution is 0.279. The molecule has 0 bridgehead atoms. The molecule has 0 amide bonds. The van der Waals surface area contributed by atoms with Crippen molar-refractivity contribution in [2.45, 2.75) is 71.1 Å². The molecule has 1 aromatic carbocycles. The molecule has 0 spiro atoms. The van der Waals surface area contributed by atoms with E-state index in [4.69, 9.17) is 14.8 Å². The molecule has 0 aliphatic rings. The lowest BCUT2D eigenvalue weighted by atomic mass is 10.1. The van der Waals surface area contributed by atoms with E-state index in [9.17, 15) is 4.39 Å². The summed E-state index contributed by atoms with van der Waals surface area (Å²) < 4.78 is 23.6. The van der Waals surface area contributed by atoms with Crippen molar-refractivity contribution in [3.05, 3.63) is 24.0 Å². The van der Waals surface area contributed by atoms with Crippen LogP contribution in [-0.4, -0.2) is 24.0 Å². The number of halogens is 1. The summed E-state index contributed by atoms with van der Waals surface area (Å²) >= 11 is 0. The molecule has 0 radical (unpaired) electrons. The monoisotopic (exact) mass is 340 g/mol. The van der Waals surface area contributed by atoms with E-state index in [1.165, 1.54) is 63.5 Å². The highest BCUT2D eigenvalue weighted by Crippen LogP contribution is 2.23. The fourth-order valence-corrected chi connectivity index (χ4v) is 2.56. The number of rotatable bonds is 14. The summed E-state index contributed by atoms with van der Waals surface area (Å²) in [5.74, 6) is -0.469. The third-order valence-electron chi connectivity index (χ3n) is 3.90. The van der Waals surface area contributed by atoms with Crippen LogP contribution in [0.25, 0.3) is 0 Å². The lowest BCUT2D eigenvalue weighted by Gasteiger charge is -2.09. The van der Waals surface area contributed by atoms with E-state index in [-0.39, 0.29) is 5.75 Å². The highest BCUT2D eigenvalue weighted by Gasteiger charge is 2.14.